The van der Waals surface area contributed by atoms with E-state index in [-0.39, 0.29) is 28.8 Å². The van der Waals surface area contributed by atoms with E-state index in [0.29, 0.717) is 32.1 Å². The fourth-order valence-electron chi connectivity index (χ4n) is 4.90. The SMILES string of the molecule is CC(=O)CCC1C(=O)CCC2C(C)(C(=O)O)CCCC12C. The lowest BCUT2D eigenvalue weighted by atomic mass is 9.47. The van der Waals surface area contributed by atoms with Crippen LogP contribution in [0.1, 0.15) is 65.7 Å². The van der Waals surface area contributed by atoms with Gasteiger partial charge in [-0.25, -0.2) is 0 Å². The molecule has 2 rings (SSSR count). The fraction of sp³-hybridized carbons (Fsp3) is 0.824. The minimum Gasteiger partial charge on any atom is -0.481 e. The second-order valence-corrected chi connectivity index (χ2v) is 7.43. The molecule has 4 nitrogen and oxygen atoms in total. The fourth-order valence-corrected chi connectivity index (χ4v) is 4.90. The number of hydrogen-bond acceptors (Lipinski definition) is 3. The van der Waals surface area contributed by atoms with Crippen molar-refractivity contribution in [3.05, 3.63) is 0 Å². The largest absolute Gasteiger partial charge is 0.481 e. The van der Waals surface area contributed by atoms with Crippen LogP contribution in [0.3, 0.4) is 0 Å². The molecule has 0 heterocycles. The average Bonchev–Trinajstić information content (AvgIpc) is 2.36. The summed E-state index contributed by atoms with van der Waals surface area (Å²) < 4.78 is 0. The van der Waals surface area contributed by atoms with Crippen LogP contribution in [0.15, 0.2) is 0 Å². The van der Waals surface area contributed by atoms with Gasteiger partial charge in [-0.15, -0.1) is 0 Å². The lowest BCUT2D eigenvalue weighted by molar-refractivity contribution is -0.170. The third kappa shape index (κ3) is 2.65. The summed E-state index contributed by atoms with van der Waals surface area (Å²) in [6, 6.07) is 0. The quantitative estimate of drug-likeness (QED) is 0.864. The zero-order valence-electron chi connectivity index (χ0n) is 13.3. The van der Waals surface area contributed by atoms with Gasteiger partial charge in [-0.1, -0.05) is 13.3 Å². The van der Waals surface area contributed by atoms with Gasteiger partial charge in [0.05, 0.1) is 5.41 Å². The number of rotatable bonds is 4. The molecule has 1 N–H and O–H groups in total. The van der Waals surface area contributed by atoms with Crippen molar-refractivity contribution in [3.8, 4) is 0 Å². The second kappa shape index (κ2) is 5.54. The molecule has 0 aromatic rings. The van der Waals surface area contributed by atoms with Crippen molar-refractivity contribution in [1.29, 1.82) is 0 Å². The highest BCUT2D eigenvalue weighted by Gasteiger charge is 2.58. The van der Waals surface area contributed by atoms with Gasteiger partial charge in [-0.05, 0) is 50.9 Å². The maximum atomic E-state index is 12.4. The molecule has 0 spiro atoms. The van der Waals surface area contributed by atoms with Crippen LogP contribution in [0.4, 0.5) is 0 Å². The van der Waals surface area contributed by atoms with E-state index < -0.39 is 11.4 Å². The summed E-state index contributed by atoms with van der Waals surface area (Å²) in [5.41, 5.74) is -1.00. The molecule has 2 saturated carbocycles. The predicted molar refractivity (Wildman–Crippen MR) is 78.8 cm³/mol. The van der Waals surface area contributed by atoms with Crippen LogP contribution in [0, 0.1) is 22.7 Å². The van der Waals surface area contributed by atoms with Crippen LogP contribution in [0.2, 0.25) is 0 Å². The molecule has 4 atom stereocenters. The molecule has 21 heavy (non-hydrogen) atoms. The second-order valence-electron chi connectivity index (χ2n) is 7.43. The third-order valence-electron chi connectivity index (χ3n) is 6.11. The molecule has 2 aliphatic rings. The van der Waals surface area contributed by atoms with E-state index in [9.17, 15) is 19.5 Å². The highest BCUT2D eigenvalue weighted by atomic mass is 16.4. The first-order chi connectivity index (χ1) is 9.71. The van der Waals surface area contributed by atoms with Crippen molar-refractivity contribution in [2.45, 2.75) is 65.7 Å². The van der Waals surface area contributed by atoms with Crippen molar-refractivity contribution in [2.24, 2.45) is 22.7 Å². The van der Waals surface area contributed by atoms with Crippen LogP contribution in [-0.4, -0.2) is 22.6 Å². The van der Waals surface area contributed by atoms with Gasteiger partial charge >= 0.3 is 5.97 Å². The number of fused-ring (bicyclic) bond motifs is 1. The average molecular weight is 294 g/mol. The number of Topliss-reactive ketones (excluding diaryl/α,β-unsaturated/α-hetero) is 2. The number of carboxylic acid groups (broad SMARTS) is 1. The van der Waals surface area contributed by atoms with Crippen LogP contribution >= 0.6 is 0 Å². The number of carboxylic acids is 1. The molecular formula is C17H26O4. The van der Waals surface area contributed by atoms with E-state index in [1.807, 2.05) is 6.92 Å². The topological polar surface area (TPSA) is 71.4 Å². The zero-order chi connectivity index (χ0) is 15.8. The van der Waals surface area contributed by atoms with Gasteiger partial charge in [-0.2, -0.15) is 0 Å². The van der Waals surface area contributed by atoms with Gasteiger partial charge in [0.25, 0.3) is 0 Å². The van der Waals surface area contributed by atoms with Gasteiger partial charge < -0.3 is 9.90 Å². The minimum absolute atomic E-state index is 0.0332. The summed E-state index contributed by atoms with van der Waals surface area (Å²) in [7, 11) is 0. The van der Waals surface area contributed by atoms with Crippen molar-refractivity contribution in [3.63, 3.8) is 0 Å². The minimum atomic E-state index is -0.738. The van der Waals surface area contributed by atoms with E-state index in [1.54, 1.807) is 6.92 Å². The van der Waals surface area contributed by atoms with E-state index in [0.717, 1.165) is 12.8 Å². The summed E-state index contributed by atoms with van der Waals surface area (Å²) >= 11 is 0. The Morgan fingerprint density at radius 3 is 2.52 bits per heavy atom. The highest BCUT2D eigenvalue weighted by Crippen LogP contribution is 2.60. The summed E-state index contributed by atoms with van der Waals surface area (Å²) in [6.45, 7) is 5.48. The molecule has 0 saturated heterocycles. The molecule has 0 bridgehead atoms. The van der Waals surface area contributed by atoms with E-state index in [4.69, 9.17) is 0 Å². The Balaban J connectivity index is 2.33. The molecule has 2 fully saturated rings. The zero-order valence-corrected chi connectivity index (χ0v) is 13.3. The number of carbonyl (C=O) groups excluding carboxylic acids is 2. The summed E-state index contributed by atoms with van der Waals surface area (Å²) in [6.07, 6.45) is 4.57. The Morgan fingerprint density at radius 2 is 1.95 bits per heavy atom. The first kappa shape index (κ1) is 16.2. The Hall–Kier alpha value is -1.19. The summed E-state index contributed by atoms with van der Waals surface area (Å²) in [5, 5.41) is 9.68. The maximum absolute atomic E-state index is 12.4. The molecule has 0 aromatic carbocycles. The van der Waals surface area contributed by atoms with Gasteiger partial charge in [0.2, 0.25) is 0 Å². The summed E-state index contributed by atoms with van der Waals surface area (Å²) in [5.74, 6) is -0.530. The first-order valence-corrected chi connectivity index (χ1v) is 7.97. The number of aliphatic carboxylic acids is 1. The van der Waals surface area contributed by atoms with Gasteiger partial charge in [0.1, 0.15) is 11.6 Å². The predicted octanol–water partition coefficient (Wildman–Crippen LogP) is 3.23. The first-order valence-electron chi connectivity index (χ1n) is 7.97. The standard InChI is InChI=1S/C17H26O4/c1-11(18)5-6-12-13(19)7-8-14-16(12,2)9-4-10-17(14,3)15(20)21/h12,14H,4-10H2,1-3H3,(H,20,21). The molecule has 0 aliphatic heterocycles. The van der Waals surface area contributed by atoms with E-state index >= 15 is 0 Å². The van der Waals surface area contributed by atoms with Crippen molar-refractivity contribution in [1.82, 2.24) is 0 Å². The van der Waals surface area contributed by atoms with Crippen molar-refractivity contribution in [2.75, 3.05) is 0 Å². The maximum Gasteiger partial charge on any atom is 0.309 e. The normalized spacial score (nSPS) is 39.7. The molecule has 0 radical (unpaired) electrons. The Bertz CT molecular complexity index is 469. The van der Waals surface area contributed by atoms with Gasteiger partial charge in [0.15, 0.2) is 0 Å². The van der Waals surface area contributed by atoms with Gasteiger partial charge in [-0.3, -0.25) is 9.59 Å². The van der Waals surface area contributed by atoms with Crippen LogP contribution < -0.4 is 0 Å². The smallest absolute Gasteiger partial charge is 0.309 e. The highest BCUT2D eigenvalue weighted by molar-refractivity contribution is 5.85. The van der Waals surface area contributed by atoms with E-state index in [2.05, 4.69) is 6.92 Å². The third-order valence-corrected chi connectivity index (χ3v) is 6.11. The molecule has 118 valence electrons. The monoisotopic (exact) mass is 294 g/mol. The van der Waals surface area contributed by atoms with Crippen LogP contribution in [-0.2, 0) is 14.4 Å². The molecule has 4 heteroatoms. The molecule has 0 amide bonds. The lowest BCUT2D eigenvalue weighted by Crippen LogP contribution is -2.55. The molecular weight excluding hydrogens is 268 g/mol. The Morgan fingerprint density at radius 1 is 1.29 bits per heavy atom. The molecule has 2 aliphatic carbocycles. The van der Waals surface area contributed by atoms with E-state index in [1.165, 1.54) is 0 Å². The number of hydrogen-bond donors (Lipinski definition) is 1. The van der Waals surface area contributed by atoms with Crippen molar-refractivity contribution >= 4 is 17.5 Å². The Labute approximate surface area is 126 Å². The van der Waals surface area contributed by atoms with Crippen LogP contribution in [0.5, 0.6) is 0 Å². The Kier molecular flexibility index (Phi) is 4.27. The molecule has 0 aromatic heterocycles. The summed E-state index contributed by atoms with van der Waals surface area (Å²) in [4.78, 5) is 35.5. The number of ketones is 2. The lowest BCUT2D eigenvalue weighted by Gasteiger charge is -2.56. The van der Waals surface area contributed by atoms with Gasteiger partial charge in [0, 0.05) is 18.8 Å². The number of carbonyl (C=O) groups is 3. The van der Waals surface area contributed by atoms with Crippen LogP contribution in [0.25, 0.3) is 0 Å². The molecule has 4 unspecified atom stereocenters. The van der Waals surface area contributed by atoms with Crippen molar-refractivity contribution < 1.29 is 19.5 Å².